The van der Waals surface area contributed by atoms with Crippen molar-refractivity contribution in [1.82, 2.24) is 9.55 Å². The van der Waals surface area contributed by atoms with Gasteiger partial charge in [0.15, 0.2) is 0 Å². The van der Waals surface area contributed by atoms with E-state index in [1.807, 2.05) is 16.7 Å². The Kier molecular flexibility index (Phi) is 6.38. The van der Waals surface area contributed by atoms with E-state index in [9.17, 15) is 4.79 Å². The molecule has 32 heavy (non-hydrogen) atoms. The molecule has 5 heteroatoms. The molecule has 2 aromatic carbocycles. The summed E-state index contributed by atoms with van der Waals surface area (Å²) in [5, 5.41) is 0.602. The lowest BCUT2D eigenvalue weighted by Gasteiger charge is -2.29. The number of aromatic nitrogens is 2. The summed E-state index contributed by atoms with van der Waals surface area (Å²) in [6, 6.07) is 14.0. The van der Waals surface area contributed by atoms with E-state index in [4.69, 9.17) is 15.5 Å². The topological polar surface area (TPSA) is 70.1 Å². The van der Waals surface area contributed by atoms with Gasteiger partial charge in [0, 0.05) is 12.1 Å². The molecule has 1 aliphatic carbocycles. The average Bonchev–Trinajstić information content (AvgIpc) is 2.80. The van der Waals surface area contributed by atoms with Gasteiger partial charge in [0.1, 0.15) is 11.6 Å². The molecule has 1 aliphatic rings. The number of rotatable bonds is 5. The predicted octanol–water partition coefficient (Wildman–Crippen LogP) is 5.13. The highest BCUT2D eigenvalue weighted by Crippen LogP contribution is 2.31. The molecule has 1 saturated carbocycles. The lowest BCUT2D eigenvalue weighted by molar-refractivity contribution is 0.246. The monoisotopic (exact) mass is 433 g/mol. The van der Waals surface area contributed by atoms with Crippen LogP contribution in [0.15, 0.2) is 47.3 Å². The molecular weight excluding hydrogens is 398 g/mol. The summed E-state index contributed by atoms with van der Waals surface area (Å²) in [6.07, 6.45) is 4.56. The molecule has 3 aromatic rings. The van der Waals surface area contributed by atoms with E-state index in [-0.39, 0.29) is 11.0 Å². The van der Waals surface area contributed by atoms with Crippen LogP contribution in [0.1, 0.15) is 52.0 Å². The molecule has 2 N–H and O–H groups in total. The van der Waals surface area contributed by atoms with Gasteiger partial charge in [0.25, 0.3) is 5.56 Å². The van der Waals surface area contributed by atoms with Gasteiger partial charge in [-0.15, -0.1) is 0 Å². The highest BCUT2D eigenvalue weighted by molar-refractivity contribution is 5.81. The molecular formula is C27H35N3O2. The Morgan fingerprint density at radius 1 is 1.09 bits per heavy atom. The van der Waals surface area contributed by atoms with Crippen molar-refractivity contribution in [2.24, 2.45) is 17.6 Å². The number of nitrogens with zero attached hydrogens (tertiary/aromatic N) is 2. The van der Waals surface area contributed by atoms with Gasteiger partial charge in [-0.1, -0.05) is 51.5 Å². The second kappa shape index (κ2) is 9.07. The molecule has 5 nitrogen and oxygen atoms in total. The summed E-state index contributed by atoms with van der Waals surface area (Å²) >= 11 is 0. The zero-order chi connectivity index (χ0) is 22.9. The number of methoxy groups -OCH3 is 1. The van der Waals surface area contributed by atoms with Gasteiger partial charge >= 0.3 is 0 Å². The molecule has 1 heterocycles. The maximum absolute atomic E-state index is 13.7. The molecule has 2 atom stereocenters. The van der Waals surface area contributed by atoms with Crippen molar-refractivity contribution in [1.29, 1.82) is 0 Å². The molecule has 0 radical (unpaired) electrons. The minimum atomic E-state index is -0.00123. The van der Waals surface area contributed by atoms with Crippen LogP contribution in [0.2, 0.25) is 0 Å². The first-order chi connectivity index (χ1) is 15.3. The SMILES string of the molecule is COc1ccc2nc(-c3ccc(C(C)(C)C)cc3)n(CC3CCCC(CN)C3)c(=O)c2c1. The first-order valence-electron chi connectivity index (χ1n) is 11.7. The van der Waals surface area contributed by atoms with Gasteiger partial charge in [-0.2, -0.15) is 0 Å². The highest BCUT2D eigenvalue weighted by atomic mass is 16.5. The molecule has 0 spiro atoms. The maximum atomic E-state index is 13.7. The van der Waals surface area contributed by atoms with E-state index in [0.29, 0.717) is 35.0 Å². The number of hydrogen-bond acceptors (Lipinski definition) is 4. The first-order valence-corrected chi connectivity index (χ1v) is 11.7. The van der Waals surface area contributed by atoms with Crippen LogP contribution in [0.3, 0.4) is 0 Å². The van der Waals surface area contributed by atoms with E-state index >= 15 is 0 Å². The lowest BCUT2D eigenvalue weighted by Crippen LogP contribution is -2.30. The minimum absolute atomic E-state index is 0.00123. The molecule has 2 unspecified atom stereocenters. The van der Waals surface area contributed by atoms with Gasteiger partial charge in [0.2, 0.25) is 0 Å². The van der Waals surface area contributed by atoms with Crippen LogP contribution in [0.5, 0.6) is 5.75 Å². The molecule has 0 bridgehead atoms. The third-order valence-corrected chi connectivity index (χ3v) is 6.84. The van der Waals surface area contributed by atoms with Gasteiger partial charge in [0.05, 0.1) is 18.0 Å². The van der Waals surface area contributed by atoms with Crippen LogP contribution in [-0.4, -0.2) is 23.2 Å². The minimum Gasteiger partial charge on any atom is -0.497 e. The quantitative estimate of drug-likeness (QED) is 0.605. The Hall–Kier alpha value is -2.66. The summed E-state index contributed by atoms with van der Waals surface area (Å²) in [6.45, 7) is 8.01. The van der Waals surface area contributed by atoms with Crippen molar-refractivity contribution >= 4 is 10.9 Å². The average molecular weight is 434 g/mol. The fourth-order valence-corrected chi connectivity index (χ4v) is 4.88. The molecule has 1 fully saturated rings. The standard InChI is InChI=1S/C27H35N3O2/c1-27(2,3)21-10-8-20(9-11-21)25-29-24-13-12-22(32-4)15-23(24)26(31)30(25)17-19-7-5-6-18(14-19)16-28/h8-13,15,18-19H,5-7,14,16-17,28H2,1-4H3. The zero-order valence-corrected chi connectivity index (χ0v) is 19.7. The number of benzene rings is 2. The van der Waals surface area contributed by atoms with Crippen molar-refractivity contribution in [3.8, 4) is 17.1 Å². The normalized spacial score (nSPS) is 19.3. The Bertz CT molecular complexity index is 1140. The lowest BCUT2D eigenvalue weighted by atomic mass is 9.81. The van der Waals surface area contributed by atoms with Crippen molar-refractivity contribution in [2.75, 3.05) is 13.7 Å². The van der Waals surface area contributed by atoms with Crippen molar-refractivity contribution in [3.63, 3.8) is 0 Å². The van der Waals surface area contributed by atoms with Crippen molar-refractivity contribution in [3.05, 3.63) is 58.4 Å². The Labute approximate surface area is 190 Å². The molecule has 0 amide bonds. The molecule has 0 saturated heterocycles. The summed E-state index contributed by atoms with van der Waals surface area (Å²) < 4.78 is 7.25. The predicted molar refractivity (Wildman–Crippen MR) is 131 cm³/mol. The van der Waals surface area contributed by atoms with Gasteiger partial charge in [-0.3, -0.25) is 9.36 Å². The van der Waals surface area contributed by atoms with Crippen LogP contribution < -0.4 is 16.0 Å². The highest BCUT2D eigenvalue weighted by Gasteiger charge is 2.24. The molecule has 4 rings (SSSR count). The van der Waals surface area contributed by atoms with E-state index in [0.717, 1.165) is 30.8 Å². The smallest absolute Gasteiger partial charge is 0.261 e. The molecule has 170 valence electrons. The third kappa shape index (κ3) is 4.58. The maximum Gasteiger partial charge on any atom is 0.261 e. The van der Waals surface area contributed by atoms with Crippen LogP contribution in [0.4, 0.5) is 0 Å². The second-order valence-corrected chi connectivity index (χ2v) is 10.2. The van der Waals surface area contributed by atoms with E-state index in [2.05, 4.69) is 45.0 Å². The van der Waals surface area contributed by atoms with Crippen LogP contribution in [0, 0.1) is 11.8 Å². The summed E-state index contributed by atoms with van der Waals surface area (Å²) in [7, 11) is 1.62. The van der Waals surface area contributed by atoms with Gasteiger partial charge < -0.3 is 10.5 Å². The van der Waals surface area contributed by atoms with Crippen LogP contribution in [0.25, 0.3) is 22.3 Å². The summed E-state index contributed by atoms with van der Waals surface area (Å²) in [5.41, 5.74) is 8.98. The first kappa shape index (κ1) is 22.5. The largest absolute Gasteiger partial charge is 0.497 e. The van der Waals surface area contributed by atoms with Crippen LogP contribution >= 0.6 is 0 Å². The van der Waals surface area contributed by atoms with E-state index in [1.54, 1.807) is 13.2 Å². The number of nitrogens with two attached hydrogens (primary N) is 1. The summed E-state index contributed by atoms with van der Waals surface area (Å²) in [5.74, 6) is 2.40. The van der Waals surface area contributed by atoms with Crippen LogP contribution in [-0.2, 0) is 12.0 Å². The van der Waals surface area contributed by atoms with Gasteiger partial charge in [-0.25, -0.2) is 4.98 Å². The van der Waals surface area contributed by atoms with E-state index in [1.165, 1.54) is 18.4 Å². The number of ether oxygens (including phenoxy) is 1. The number of fused-ring (bicyclic) bond motifs is 1. The number of hydrogen-bond donors (Lipinski definition) is 1. The van der Waals surface area contributed by atoms with Crippen molar-refractivity contribution in [2.45, 2.75) is 58.4 Å². The van der Waals surface area contributed by atoms with E-state index < -0.39 is 0 Å². The zero-order valence-electron chi connectivity index (χ0n) is 19.7. The van der Waals surface area contributed by atoms with Crippen molar-refractivity contribution < 1.29 is 4.74 Å². The Morgan fingerprint density at radius 3 is 2.47 bits per heavy atom. The second-order valence-electron chi connectivity index (χ2n) is 10.2. The third-order valence-electron chi connectivity index (χ3n) is 6.84. The fourth-order valence-electron chi connectivity index (χ4n) is 4.88. The molecule has 1 aromatic heterocycles. The van der Waals surface area contributed by atoms with Gasteiger partial charge in [-0.05, 0) is 66.8 Å². The fraction of sp³-hybridized carbons (Fsp3) is 0.481. The Balaban J connectivity index is 1.82. The molecule has 0 aliphatic heterocycles. The summed E-state index contributed by atoms with van der Waals surface area (Å²) in [4.78, 5) is 18.6. The Morgan fingerprint density at radius 2 is 1.81 bits per heavy atom.